The van der Waals surface area contributed by atoms with Gasteiger partial charge in [-0.25, -0.2) is 18.2 Å². The van der Waals surface area contributed by atoms with Crippen LogP contribution in [0.25, 0.3) is 22.6 Å². The van der Waals surface area contributed by atoms with E-state index in [1.54, 1.807) is 24.3 Å². The molecule has 0 atom stereocenters. The van der Waals surface area contributed by atoms with Crippen molar-refractivity contribution in [3.8, 4) is 11.5 Å². The number of carbonyl (C=O) groups is 1. The van der Waals surface area contributed by atoms with Gasteiger partial charge in [-0.2, -0.15) is 0 Å². The molecule has 4 aromatic rings. The van der Waals surface area contributed by atoms with E-state index in [1.807, 2.05) is 32.0 Å². The van der Waals surface area contributed by atoms with E-state index in [-0.39, 0.29) is 10.5 Å². The number of hydrogen-bond donors (Lipinski definition) is 2. The smallest absolute Gasteiger partial charge is 0.336 e. The van der Waals surface area contributed by atoms with E-state index in [9.17, 15) is 18.3 Å². The maximum Gasteiger partial charge on any atom is 0.336 e. The normalized spacial score (nSPS) is 11.5. The Balaban J connectivity index is 1.59. The molecule has 4 rings (SSSR count). The topological polar surface area (TPSA) is 110 Å². The number of anilines is 1. The van der Waals surface area contributed by atoms with Gasteiger partial charge in [0, 0.05) is 11.3 Å². The van der Waals surface area contributed by atoms with Gasteiger partial charge in [-0.05, 0) is 73.0 Å². The number of benzene rings is 3. The number of oxazole rings is 1. The molecule has 0 saturated carbocycles. The Morgan fingerprint density at radius 3 is 2.48 bits per heavy atom. The SMILES string of the molecule is CCc1ccc(S(=O)(=O)Nc2ccc(-c3nc4cc(C)ccc4o3)cc2)cc1C(=O)O. The quantitative estimate of drug-likeness (QED) is 0.446. The Labute approximate surface area is 179 Å². The molecule has 0 radical (unpaired) electrons. The number of aromatic nitrogens is 1. The lowest BCUT2D eigenvalue weighted by atomic mass is 10.1. The first-order valence-electron chi connectivity index (χ1n) is 9.63. The summed E-state index contributed by atoms with van der Waals surface area (Å²) in [6.45, 7) is 3.79. The highest BCUT2D eigenvalue weighted by Gasteiger charge is 2.19. The number of rotatable bonds is 6. The van der Waals surface area contributed by atoms with Crippen molar-refractivity contribution in [1.29, 1.82) is 0 Å². The lowest BCUT2D eigenvalue weighted by Gasteiger charge is -2.11. The predicted octanol–water partition coefficient (Wildman–Crippen LogP) is 4.86. The first kappa shape index (κ1) is 20.6. The molecule has 0 spiro atoms. The van der Waals surface area contributed by atoms with Crippen molar-refractivity contribution in [1.82, 2.24) is 4.98 Å². The van der Waals surface area contributed by atoms with Gasteiger partial charge in [0.1, 0.15) is 5.52 Å². The molecule has 0 amide bonds. The highest BCUT2D eigenvalue weighted by Crippen LogP contribution is 2.27. The first-order valence-corrected chi connectivity index (χ1v) is 11.1. The fourth-order valence-corrected chi connectivity index (χ4v) is 4.37. The van der Waals surface area contributed by atoms with Crippen LogP contribution in [0, 0.1) is 6.92 Å². The number of nitrogens with zero attached hydrogens (tertiary/aromatic N) is 1. The maximum absolute atomic E-state index is 12.7. The van der Waals surface area contributed by atoms with Gasteiger partial charge < -0.3 is 9.52 Å². The Morgan fingerprint density at radius 1 is 1.06 bits per heavy atom. The van der Waals surface area contributed by atoms with Gasteiger partial charge in [-0.1, -0.05) is 19.1 Å². The van der Waals surface area contributed by atoms with Crippen LogP contribution in [0.4, 0.5) is 5.69 Å². The number of aromatic carboxylic acids is 1. The molecule has 0 unspecified atom stereocenters. The summed E-state index contributed by atoms with van der Waals surface area (Å²) >= 11 is 0. The second kappa shape index (κ2) is 7.88. The van der Waals surface area contributed by atoms with E-state index < -0.39 is 16.0 Å². The second-order valence-corrected chi connectivity index (χ2v) is 8.83. The van der Waals surface area contributed by atoms with E-state index in [0.29, 0.717) is 34.7 Å². The maximum atomic E-state index is 12.7. The summed E-state index contributed by atoms with van der Waals surface area (Å²) in [5.41, 5.74) is 4.11. The minimum Gasteiger partial charge on any atom is -0.478 e. The zero-order chi connectivity index (χ0) is 22.2. The molecule has 0 aliphatic heterocycles. The molecular weight excluding hydrogens is 416 g/mol. The van der Waals surface area contributed by atoms with Crippen LogP contribution < -0.4 is 4.72 Å². The fourth-order valence-electron chi connectivity index (χ4n) is 3.29. The van der Waals surface area contributed by atoms with Gasteiger partial charge >= 0.3 is 5.97 Å². The number of nitrogens with one attached hydrogen (secondary N) is 1. The van der Waals surface area contributed by atoms with Crippen LogP contribution in [-0.4, -0.2) is 24.5 Å². The zero-order valence-electron chi connectivity index (χ0n) is 16.9. The summed E-state index contributed by atoms with van der Waals surface area (Å²) in [5, 5.41) is 9.35. The minimum atomic E-state index is -3.95. The number of sulfonamides is 1. The van der Waals surface area contributed by atoms with E-state index >= 15 is 0 Å². The van der Waals surface area contributed by atoms with Gasteiger partial charge in [0.15, 0.2) is 5.58 Å². The number of carboxylic acid groups (broad SMARTS) is 1. The Hall–Kier alpha value is -3.65. The summed E-state index contributed by atoms with van der Waals surface area (Å²) in [7, 11) is -3.95. The van der Waals surface area contributed by atoms with Crippen LogP contribution in [0.2, 0.25) is 0 Å². The molecule has 1 heterocycles. The number of fused-ring (bicyclic) bond motifs is 1. The predicted molar refractivity (Wildman–Crippen MR) is 118 cm³/mol. The molecule has 158 valence electrons. The molecule has 7 nitrogen and oxygen atoms in total. The highest BCUT2D eigenvalue weighted by atomic mass is 32.2. The molecule has 8 heteroatoms. The highest BCUT2D eigenvalue weighted by molar-refractivity contribution is 7.92. The van der Waals surface area contributed by atoms with Crippen LogP contribution >= 0.6 is 0 Å². The van der Waals surface area contributed by atoms with Crippen molar-refractivity contribution in [3.63, 3.8) is 0 Å². The van der Waals surface area contributed by atoms with E-state index in [4.69, 9.17) is 4.42 Å². The average Bonchev–Trinajstić information content (AvgIpc) is 3.16. The lowest BCUT2D eigenvalue weighted by Crippen LogP contribution is -2.14. The van der Waals surface area contributed by atoms with Crippen LogP contribution in [0.15, 0.2) is 70.0 Å². The van der Waals surface area contributed by atoms with E-state index in [2.05, 4.69) is 9.71 Å². The van der Waals surface area contributed by atoms with Gasteiger partial charge in [0.05, 0.1) is 10.5 Å². The number of aryl methyl sites for hydroxylation is 2. The van der Waals surface area contributed by atoms with E-state index in [1.165, 1.54) is 18.2 Å². The van der Waals surface area contributed by atoms with Crippen molar-refractivity contribution >= 4 is 32.8 Å². The summed E-state index contributed by atoms with van der Waals surface area (Å²) in [6, 6.07) is 16.5. The van der Waals surface area contributed by atoms with Crippen LogP contribution in [-0.2, 0) is 16.4 Å². The zero-order valence-corrected chi connectivity index (χ0v) is 17.7. The minimum absolute atomic E-state index is 0.0214. The molecule has 1 aromatic heterocycles. The summed E-state index contributed by atoms with van der Waals surface area (Å²) in [4.78, 5) is 15.8. The van der Waals surface area contributed by atoms with Crippen molar-refractivity contribution in [2.24, 2.45) is 0 Å². The van der Waals surface area contributed by atoms with Crippen molar-refractivity contribution in [2.75, 3.05) is 4.72 Å². The first-order chi connectivity index (χ1) is 14.8. The largest absolute Gasteiger partial charge is 0.478 e. The number of carboxylic acids is 1. The summed E-state index contributed by atoms with van der Waals surface area (Å²) in [6.07, 6.45) is 0.492. The fraction of sp³-hybridized carbons (Fsp3) is 0.130. The Bertz CT molecular complexity index is 1390. The monoisotopic (exact) mass is 436 g/mol. The van der Waals surface area contributed by atoms with Crippen LogP contribution in [0.5, 0.6) is 0 Å². The standard InChI is InChI=1S/C23H20N2O5S/c1-3-15-7-10-18(13-19(15)23(26)27)31(28,29)25-17-8-5-16(6-9-17)22-24-20-12-14(2)4-11-21(20)30-22/h4-13,25H,3H2,1-2H3,(H,26,27). The van der Waals surface area contributed by atoms with Crippen LogP contribution in [0.1, 0.15) is 28.4 Å². The van der Waals surface area contributed by atoms with Crippen molar-refractivity contribution in [3.05, 3.63) is 77.4 Å². The molecule has 0 saturated heterocycles. The van der Waals surface area contributed by atoms with Gasteiger partial charge in [0.25, 0.3) is 10.0 Å². The third-order valence-electron chi connectivity index (χ3n) is 4.93. The van der Waals surface area contributed by atoms with Crippen molar-refractivity contribution in [2.45, 2.75) is 25.2 Å². The molecule has 0 fully saturated rings. The third-order valence-corrected chi connectivity index (χ3v) is 6.31. The molecule has 2 N–H and O–H groups in total. The molecule has 3 aromatic carbocycles. The molecular formula is C23H20N2O5S. The van der Waals surface area contributed by atoms with Gasteiger partial charge in [-0.15, -0.1) is 0 Å². The molecule has 31 heavy (non-hydrogen) atoms. The van der Waals surface area contributed by atoms with Gasteiger partial charge in [0.2, 0.25) is 5.89 Å². The lowest BCUT2D eigenvalue weighted by molar-refractivity contribution is 0.0695. The van der Waals surface area contributed by atoms with Crippen LogP contribution in [0.3, 0.4) is 0 Å². The van der Waals surface area contributed by atoms with Crippen molar-refractivity contribution < 1.29 is 22.7 Å². The van der Waals surface area contributed by atoms with E-state index in [0.717, 1.165) is 11.1 Å². The average molecular weight is 436 g/mol. The van der Waals surface area contributed by atoms with Gasteiger partial charge in [-0.3, -0.25) is 4.72 Å². The molecule has 0 bridgehead atoms. The second-order valence-electron chi connectivity index (χ2n) is 7.15. The molecule has 0 aliphatic rings. The third kappa shape index (κ3) is 4.15. The summed E-state index contributed by atoms with van der Waals surface area (Å²) < 4.78 is 33.7. The summed E-state index contributed by atoms with van der Waals surface area (Å²) in [5.74, 6) is -0.719. The Morgan fingerprint density at radius 2 is 1.81 bits per heavy atom. The number of hydrogen-bond acceptors (Lipinski definition) is 5. The Kier molecular flexibility index (Phi) is 5.24. The molecule has 0 aliphatic carbocycles.